The van der Waals surface area contributed by atoms with E-state index in [1.54, 1.807) is 23.6 Å². The van der Waals surface area contributed by atoms with Gasteiger partial charge in [-0.15, -0.1) is 11.3 Å². The predicted molar refractivity (Wildman–Crippen MR) is 74.1 cm³/mol. The maximum absolute atomic E-state index is 12.2. The molecule has 1 aliphatic rings. The average molecular weight is 275 g/mol. The Labute approximate surface area is 114 Å². The number of aryl methyl sites for hydroxylation is 2. The van der Waals surface area contributed by atoms with Crippen LogP contribution in [-0.2, 0) is 12.8 Å². The molecule has 0 unspecified atom stereocenters. The monoisotopic (exact) mass is 275 g/mol. The summed E-state index contributed by atoms with van der Waals surface area (Å²) < 4.78 is 0. The van der Waals surface area contributed by atoms with Gasteiger partial charge in [0, 0.05) is 11.1 Å². The van der Waals surface area contributed by atoms with E-state index in [0.717, 1.165) is 25.0 Å². The molecule has 0 atom stereocenters. The van der Waals surface area contributed by atoms with Gasteiger partial charge in [-0.05, 0) is 25.3 Å². The van der Waals surface area contributed by atoms with Crippen molar-refractivity contribution in [2.24, 2.45) is 5.84 Å². The van der Waals surface area contributed by atoms with Crippen molar-refractivity contribution in [3.8, 4) is 0 Å². The molecule has 0 saturated heterocycles. The number of anilines is 2. The summed E-state index contributed by atoms with van der Waals surface area (Å²) in [5, 5.41) is 3.46. The van der Waals surface area contributed by atoms with E-state index in [-0.39, 0.29) is 5.91 Å². The number of nitrogens with zero attached hydrogens (tertiary/aromatic N) is 2. The number of carbonyl (C=O) groups is 1. The van der Waals surface area contributed by atoms with E-state index in [9.17, 15) is 4.79 Å². The second-order valence-corrected chi connectivity index (χ2v) is 5.35. The summed E-state index contributed by atoms with van der Waals surface area (Å²) in [5.74, 6) is 5.12. The van der Waals surface area contributed by atoms with Crippen molar-refractivity contribution in [2.75, 3.05) is 10.7 Å². The van der Waals surface area contributed by atoms with Crippen LogP contribution in [-0.4, -0.2) is 15.9 Å². The lowest BCUT2D eigenvalue weighted by molar-refractivity contribution is 0.102. The first-order chi connectivity index (χ1) is 9.28. The molecule has 0 spiro atoms. The number of hydrogen-bond donors (Lipinski definition) is 3. The second-order valence-electron chi connectivity index (χ2n) is 4.26. The number of amides is 1. The van der Waals surface area contributed by atoms with Crippen LogP contribution < -0.4 is 16.6 Å². The van der Waals surface area contributed by atoms with E-state index < -0.39 is 0 Å². The third-order valence-corrected chi connectivity index (χ3v) is 4.11. The molecule has 2 aromatic heterocycles. The van der Waals surface area contributed by atoms with Gasteiger partial charge < -0.3 is 5.43 Å². The zero-order chi connectivity index (χ0) is 13.2. The summed E-state index contributed by atoms with van der Waals surface area (Å²) in [5.41, 5.74) is 4.52. The fourth-order valence-electron chi connectivity index (χ4n) is 2.12. The topological polar surface area (TPSA) is 92.9 Å². The van der Waals surface area contributed by atoms with E-state index in [1.165, 1.54) is 11.1 Å². The Kier molecular flexibility index (Phi) is 3.14. The highest BCUT2D eigenvalue weighted by molar-refractivity contribution is 7.16. The Morgan fingerprint density at radius 3 is 3.11 bits per heavy atom. The lowest BCUT2D eigenvalue weighted by Gasteiger charge is -2.06. The van der Waals surface area contributed by atoms with Crippen LogP contribution in [0.4, 0.5) is 10.8 Å². The molecule has 0 radical (unpaired) electrons. The highest BCUT2D eigenvalue weighted by Gasteiger charge is 2.19. The molecule has 0 fully saturated rings. The van der Waals surface area contributed by atoms with E-state index >= 15 is 0 Å². The Morgan fingerprint density at radius 1 is 1.42 bits per heavy atom. The van der Waals surface area contributed by atoms with Crippen LogP contribution >= 0.6 is 11.3 Å². The van der Waals surface area contributed by atoms with Crippen molar-refractivity contribution in [1.29, 1.82) is 0 Å². The van der Waals surface area contributed by atoms with Crippen molar-refractivity contribution in [2.45, 2.75) is 19.3 Å². The first-order valence-corrected chi connectivity index (χ1v) is 6.80. The van der Waals surface area contributed by atoms with Crippen LogP contribution in [0.25, 0.3) is 0 Å². The maximum atomic E-state index is 12.2. The van der Waals surface area contributed by atoms with Crippen LogP contribution in [0, 0.1) is 0 Å². The van der Waals surface area contributed by atoms with E-state index in [1.807, 2.05) is 0 Å². The van der Waals surface area contributed by atoms with Crippen molar-refractivity contribution in [3.63, 3.8) is 0 Å². The number of rotatable bonds is 3. The molecule has 0 saturated carbocycles. The number of carbonyl (C=O) groups excluding carboxylic acids is 1. The summed E-state index contributed by atoms with van der Waals surface area (Å²) in [4.78, 5) is 21.8. The zero-order valence-corrected chi connectivity index (χ0v) is 11.0. The summed E-state index contributed by atoms with van der Waals surface area (Å²) >= 11 is 1.55. The molecular formula is C12H13N5OS. The first-order valence-electron chi connectivity index (χ1n) is 5.98. The maximum Gasteiger partial charge on any atom is 0.259 e. The highest BCUT2D eigenvalue weighted by Crippen LogP contribution is 2.30. The quantitative estimate of drug-likeness (QED) is 0.584. The van der Waals surface area contributed by atoms with Crippen LogP contribution in [0.2, 0.25) is 0 Å². The molecule has 0 aromatic carbocycles. The van der Waals surface area contributed by atoms with E-state index in [4.69, 9.17) is 5.84 Å². The molecule has 7 heteroatoms. The number of nitrogens with one attached hydrogen (secondary N) is 2. The molecule has 0 aliphatic heterocycles. The van der Waals surface area contributed by atoms with Crippen molar-refractivity contribution >= 4 is 28.1 Å². The van der Waals surface area contributed by atoms with Gasteiger partial charge in [0.2, 0.25) is 0 Å². The number of nitrogens with two attached hydrogens (primary N) is 1. The van der Waals surface area contributed by atoms with Gasteiger partial charge >= 0.3 is 0 Å². The summed E-state index contributed by atoms with van der Waals surface area (Å²) in [7, 11) is 0. The number of pyridine rings is 1. The van der Waals surface area contributed by atoms with Gasteiger partial charge in [0.15, 0.2) is 5.13 Å². The van der Waals surface area contributed by atoms with Gasteiger partial charge in [-0.25, -0.2) is 4.98 Å². The number of hydrazine groups is 1. The molecule has 1 aliphatic carbocycles. The Balaban J connectivity index is 1.80. The fourth-order valence-corrected chi connectivity index (χ4v) is 3.16. The zero-order valence-electron chi connectivity index (χ0n) is 10.1. The molecule has 0 bridgehead atoms. The Hall–Kier alpha value is -1.99. The van der Waals surface area contributed by atoms with Gasteiger partial charge in [-0.3, -0.25) is 20.9 Å². The second kappa shape index (κ2) is 4.94. The minimum absolute atomic E-state index is 0.234. The molecular weight excluding hydrogens is 262 g/mol. The minimum Gasteiger partial charge on any atom is -0.322 e. The molecule has 6 nitrogen and oxygen atoms in total. The van der Waals surface area contributed by atoms with Crippen LogP contribution in [0.5, 0.6) is 0 Å². The van der Waals surface area contributed by atoms with Crippen LogP contribution in [0.1, 0.15) is 27.3 Å². The predicted octanol–water partition coefficient (Wildman–Crippen LogP) is 1.56. The molecule has 2 aromatic rings. The number of thiazole rings is 1. The van der Waals surface area contributed by atoms with Gasteiger partial charge in [0.1, 0.15) is 0 Å². The number of fused-ring (bicyclic) bond motifs is 1. The van der Waals surface area contributed by atoms with E-state index in [0.29, 0.717) is 16.4 Å². The highest BCUT2D eigenvalue weighted by atomic mass is 32.1. The van der Waals surface area contributed by atoms with Crippen molar-refractivity contribution in [1.82, 2.24) is 9.97 Å². The lowest BCUT2D eigenvalue weighted by atomic mass is 10.2. The largest absolute Gasteiger partial charge is 0.322 e. The smallest absolute Gasteiger partial charge is 0.259 e. The number of aromatic nitrogens is 2. The summed E-state index contributed by atoms with van der Waals surface area (Å²) in [6.07, 6.45) is 6.29. The molecule has 2 heterocycles. The van der Waals surface area contributed by atoms with Crippen LogP contribution in [0.3, 0.4) is 0 Å². The minimum atomic E-state index is -0.234. The van der Waals surface area contributed by atoms with Gasteiger partial charge in [-0.1, -0.05) is 0 Å². The van der Waals surface area contributed by atoms with E-state index in [2.05, 4.69) is 20.7 Å². The lowest BCUT2D eigenvalue weighted by Crippen LogP contribution is -2.17. The van der Waals surface area contributed by atoms with Crippen molar-refractivity contribution < 1.29 is 4.79 Å². The molecule has 4 N–H and O–H groups in total. The number of nitrogen functional groups attached to an aromatic ring is 1. The van der Waals surface area contributed by atoms with Gasteiger partial charge in [0.25, 0.3) is 5.91 Å². The molecule has 3 rings (SSSR count). The summed E-state index contributed by atoms with van der Waals surface area (Å²) in [6, 6.07) is 1.62. The van der Waals surface area contributed by atoms with Gasteiger partial charge in [-0.2, -0.15) is 0 Å². The first kappa shape index (κ1) is 12.1. The molecule has 19 heavy (non-hydrogen) atoms. The molecule has 98 valence electrons. The molecule has 1 amide bonds. The van der Waals surface area contributed by atoms with Crippen molar-refractivity contribution in [3.05, 3.63) is 34.6 Å². The van der Waals surface area contributed by atoms with Crippen LogP contribution in [0.15, 0.2) is 18.5 Å². The SMILES string of the molecule is NNc1cnccc1C(=O)Nc1nc2c(s1)CCC2. The Bertz CT molecular complexity index is 603. The average Bonchev–Trinajstić information content (AvgIpc) is 2.99. The standard InChI is InChI=1S/C12H13N5OS/c13-17-9-6-14-5-4-7(9)11(18)16-12-15-8-2-1-3-10(8)19-12/h4-6,17H,1-3,13H2,(H,15,16,18). The summed E-state index contributed by atoms with van der Waals surface area (Å²) in [6.45, 7) is 0. The third kappa shape index (κ3) is 2.29. The number of hydrogen-bond acceptors (Lipinski definition) is 6. The Morgan fingerprint density at radius 2 is 2.32 bits per heavy atom. The van der Waals surface area contributed by atoms with Gasteiger partial charge in [0.05, 0.1) is 23.1 Å². The third-order valence-electron chi connectivity index (χ3n) is 3.04. The normalized spacial score (nSPS) is 13.1. The fraction of sp³-hybridized carbons (Fsp3) is 0.250.